The molecular weight excluding hydrogens is 426 g/mol. The normalized spacial score (nSPS) is 11.0. The van der Waals surface area contributed by atoms with Gasteiger partial charge in [-0.1, -0.05) is 48.0 Å². The van der Waals surface area contributed by atoms with Crippen LogP contribution >= 0.6 is 0 Å². The molecule has 2 aromatic heterocycles. The van der Waals surface area contributed by atoms with Crippen molar-refractivity contribution in [3.63, 3.8) is 0 Å². The summed E-state index contributed by atoms with van der Waals surface area (Å²) in [7, 11) is 3.23. The summed E-state index contributed by atoms with van der Waals surface area (Å²) in [5, 5.41) is 4.95. The molecule has 0 saturated carbocycles. The number of aromatic nitrogens is 2. The van der Waals surface area contributed by atoms with Gasteiger partial charge in [-0.05, 0) is 42.8 Å². The van der Waals surface area contributed by atoms with E-state index in [4.69, 9.17) is 14.5 Å². The van der Waals surface area contributed by atoms with Crippen LogP contribution in [0, 0.1) is 6.92 Å². The first-order valence-electron chi connectivity index (χ1n) is 11.0. The van der Waals surface area contributed by atoms with E-state index in [1.165, 1.54) is 5.56 Å². The molecule has 2 heterocycles. The predicted octanol–water partition coefficient (Wildman–Crippen LogP) is 5.64. The predicted molar refractivity (Wildman–Crippen MR) is 134 cm³/mol. The average molecular weight is 452 g/mol. The molecule has 2 N–H and O–H groups in total. The van der Waals surface area contributed by atoms with Crippen LogP contribution in [0.1, 0.15) is 21.6 Å². The van der Waals surface area contributed by atoms with Gasteiger partial charge in [-0.25, -0.2) is 4.98 Å². The fourth-order valence-electron chi connectivity index (χ4n) is 4.13. The van der Waals surface area contributed by atoms with Gasteiger partial charge in [-0.3, -0.25) is 4.79 Å². The highest BCUT2D eigenvalue weighted by Gasteiger charge is 2.20. The van der Waals surface area contributed by atoms with Gasteiger partial charge in [0.25, 0.3) is 5.91 Å². The monoisotopic (exact) mass is 451 g/mol. The van der Waals surface area contributed by atoms with Gasteiger partial charge >= 0.3 is 0 Å². The first-order valence-corrected chi connectivity index (χ1v) is 11.0. The first kappa shape index (κ1) is 21.5. The zero-order valence-electron chi connectivity index (χ0n) is 19.3. The van der Waals surface area contributed by atoms with Crippen LogP contribution in [0.25, 0.3) is 33.1 Å². The van der Waals surface area contributed by atoms with Crippen molar-refractivity contribution in [3.8, 4) is 22.8 Å². The van der Waals surface area contributed by atoms with Gasteiger partial charge in [0.05, 0.1) is 25.4 Å². The van der Waals surface area contributed by atoms with Gasteiger partial charge < -0.3 is 19.8 Å². The van der Waals surface area contributed by atoms with E-state index < -0.39 is 0 Å². The summed E-state index contributed by atoms with van der Waals surface area (Å²) in [6, 6.07) is 23.5. The van der Waals surface area contributed by atoms with Crippen LogP contribution in [0.3, 0.4) is 0 Å². The van der Waals surface area contributed by atoms with Crippen LogP contribution in [-0.4, -0.2) is 30.1 Å². The maximum atomic E-state index is 13.2. The Kier molecular flexibility index (Phi) is 5.64. The number of ether oxygens (including phenoxy) is 2. The fourth-order valence-corrected chi connectivity index (χ4v) is 4.13. The van der Waals surface area contributed by atoms with E-state index >= 15 is 0 Å². The molecule has 6 heteroatoms. The lowest BCUT2D eigenvalue weighted by molar-refractivity contribution is 0.0946. The Hall–Kier alpha value is -4.32. The fraction of sp³-hybridized carbons (Fsp3) is 0.143. The second kappa shape index (κ2) is 8.90. The molecule has 0 spiro atoms. The van der Waals surface area contributed by atoms with Crippen molar-refractivity contribution >= 4 is 27.7 Å². The molecular formula is C28H25N3O3. The highest BCUT2D eigenvalue weighted by Crippen LogP contribution is 2.38. The number of rotatable bonds is 6. The number of amides is 1. The van der Waals surface area contributed by atoms with Crippen molar-refractivity contribution in [2.45, 2.75) is 13.5 Å². The summed E-state index contributed by atoms with van der Waals surface area (Å²) < 4.78 is 11.1. The van der Waals surface area contributed by atoms with Gasteiger partial charge in [0.1, 0.15) is 17.2 Å². The van der Waals surface area contributed by atoms with E-state index in [9.17, 15) is 4.79 Å². The Balaban J connectivity index is 1.64. The van der Waals surface area contributed by atoms with Gasteiger partial charge in [0, 0.05) is 28.4 Å². The Morgan fingerprint density at radius 3 is 2.50 bits per heavy atom. The number of benzene rings is 3. The van der Waals surface area contributed by atoms with Crippen LogP contribution < -0.4 is 14.8 Å². The number of fused-ring (bicyclic) bond motifs is 3. The molecule has 5 rings (SSSR count). The third-order valence-electron chi connectivity index (χ3n) is 5.96. The lowest BCUT2D eigenvalue weighted by Gasteiger charge is -2.13. The van der Waals surface area contributed by atoms with Crippen LogP contribution in [0.4, 0.5) is 0 Å². The molecule has 0 aliphatic rings. The molecule has 0 bridgehead atoms. The van der Waals surface area contributed by atoms with Crippen LogP contribution in [0.2, 0.25) is 0 Å². The molecule has 34 heavy (non-hydrogen) atoms. The summed E-state index contributed by atoms with van der Waals surface area (Å²) in [5.74, 6) is 1.08. The third-order valence-corrected chi connectivity index (χ3v) is 5.96. The van der Waals surface area contributed by atoms with Crippen LogP contribution in [0.15, 0.2) is 72.8 Å². The van der Waals surface area contributed by atoms with E-state index in [2.05, 4.69) is 10.3 Å². The van der Waals surface area contributed by atoms with Crippen molar-refractivity contribution in [1.29, 1.82) is 0 Å². The second-order valence-corrected chi connectivity index (χ2v) is 8.18. The minimum absolute atomic E-state index is 0.240. The minimum atomic E-state index is -0.240. The molecule has 1 amide bonds. The van der Waals surface area contributed by atoms with E-state index in [1.807, 2.05) is 79.7 Å². The minimum Gasteiger partial charge on any atom is -0.497 e. The van der Waals surface area contributed by atoms with E-state index in [0.29, 0.717) is 29.4 Å². The van der Waals surface area contributed by atoms with E-state index in [-0.39, 0.29) is 5.91 Å². The number of H-pyrrole nitrogens is 1. The van der Waals surface area contributed by atoms with Crippen molar-refractivity contribution in [3.05, 3.63) is 89.6 Å². The molecule has 0 aliphatic heterocycles. The lowest BCUT2D eigenvalue weighted by Crippen LogP contribution is -2.24. The van der Waals surface area contributed by atoms with E-state index in [0.717, 1.165) is 32.9 Å². The maximum absolute atomic E-state index is 13.2. The number of carbonyl (C=O) groups is 1. The Bertz CT molecular complexity index is 1500. The molecule has 6 nitrogen and oxygen atoms in total. The highest BCUT2D eigenvalue weighted by atomic mass is 16.5. The molecule has 5 aromatic rings. The summed E-state index contributed by atoms with van der Waals surface area (Å²) in [4.78, 5) is 21.5. The Labute approximate surface area is 197 Å². The summed E-state index contributed by atoms with van der Waals surface area (Å²) in [6.07, 6.45) is 0. The van der Waals surface area contributed by atoms with Gasteiger partial charge in [0.15, 0.2) is 0 Å². The second-order valence-electron chi connectivity index (χ2n) is 8.18. The topological polar surface area (TPSA) is 76.2 Å². The first-order chi connectivity index (χ1) is 16.6. The van der Waals surface area contributed by atoms with Crippen molar-refractivity contribution < 1.29 is 14.3 Å². The highest BCUT2D eigenvalue weighted by molar-refractivity contribution is 6.13. The average Bonchev–Trinajstić information content (AvgIpc) is 3.26. The number of aryl methyl sites for hydroxylation is 1. The molecule has 3 aromatic carbocycles. The van der Waals surface area contributed by atoms with Crippen LogP contribution in [-0.2, 0) is 6.54 Å². The molecule has 0 unspecified atom stereocenters. The quantitative estimate of drug-likeness (QED) is 0.350. The zero-order valence-corrected chi connectivity index (χ0v) is 19.3. The molecule has 0 saturated heterocycles. The lowest BCUT2D eigenvalue weighted by atomic mass is 10.0. The number of aromatic amines is 1. The standard InChI is InChI=1S/C28H25N3O3/c1-17-8-10-18(11-9-17)16-29-28(32)24-15-21-20-6-4-5-7-23(20)30-26(21)27(31-24)22-14-19(33-2)12-13-25(22)34-3/h4-15,30H,16H2,1-3H3,(H,29,32). The molecule has 0 radical (unpaired) electrons. The SMILES string of the molecule is COc1ccc(OC)c(-c2nc(C(=O)NCc3ccc(C)cc3)cc3c2[nH]c2ccccc23)c1. The Morgan fingerprint density at radius 2 is 1.74 bits per heavy atom. The molecule has 0 fully saturated rings. The number of nitrogens with one attached hydrogen (secondary N) is 2. The smallest absolute Gasteiger partial charge is 0.270 e. The molecule has 0 aliphatic carbocycles. The Morgan fingerprint density at radius 1 is 0.941 bits per heavy atom. The van der Waals surface area contributed by atoms with Gasteiger partial charge in [-0.2, -0.15) is 0 Å². The number of hydrogen-bond donors (Lipinski definition) is 2. The number of methoxy groups -OCH3 is 2. The largest absolute Gasteiger partial charge is 0.497 e. The zero-order chi connectivity index (χ0) is 23.7. The third kappa shape index (κ3) is 3.94. The van der Waals surface area contributed by atoms with Crippen molar-refractivity contribution in [2.24, 2.45) is 0 Å². The summed E-state index contributed by atoms with van der Waals surface area (Å²) in [5.41, 5.74) is 5.73. The van der Waals surface area contributed by atoms with Crippen molar-refractivity contribution in [2.75, 3.05) is 14.2 Å². The summed E-state index contributed by atoms with van der Waals surface area (Å²) >= 11 is 0. The summed E-state index contributed by atoms with van der Waals surface area (Å²) in [6.45, 7) is 2.46. The van der Waals surface area contributed by atoms with Gasteiger partial charge in [0.2, 0.25) is 0 Å². The number of pyridine rings is 1. The van der Waals surface area contributed by atoms with Crippen molar-refractivity contribution in [1.82, 2.24) is 15.3 Å². The number of nitrogens with zero attached hydrogens (tertiary/aromatic N) is 1. The van der Waals surface area contributed by atoms with E-state index in [1.54, 1.807) is 14.2 Å². The number of para-hydroxylation sites is 1. The molecule has 0 atom stereocenters. The van der Waals surface area contributed by atoms with Crippen LogP contribution in [0.5, 0.6) is 11.5 Å². The molecule has 170 valence electrons. The number of hydrogen-bond acceptors (Lipinski definition) is 4. The number of carbonyl (C=O) groups excluding carboxylic acids is 1. The van der Waals surface area contributed by atoms with Gasteiger partial charge in [-0.15, -0.1) is 0 Å². The maximum Gasteiger partial charge on any atom is 0.270 e.